The topological polar surface area (TPSA) is 55.4 Å². The van der Waals surface area contributed by atoms with E-state index in [1.54, 1.807) is 0 Å². The fourth-order valence-electron chi connectivity index (χ4n) is 2.78. The smallest absolute Gasteiger partial charge is 0.380 e. The molecule has 10 heteroatoms. The van der Waals surface area contributed by atoms with Gasteiger partial charge in [0.05, 0.1) is 26.4 Å². The highest BCUT2D eigenvalue weighted by molar-refractivity contribution is 8.08. The zero-order valence-corrected chi connectivity index (χ0v) is 18.4. The Morgan fingerprint density at radius 2 is 0.964 bits per heavy atom. The van der Waals surface area contributed by atoms with Gasteiger partial charge in [-0.3, -0.25) is 18.1 Å². The van der Waals surface area contributed by atoms with Crippen molar-refractivity contribution in [1.29, 1.82) is 0 Å². The normalized spacial score (nSPS) is 21.0. The first kappa shape index (κ1) is 20.5. The van der Waals surface area contributed by atoms with Gasteiger partial charge in [-0.15, -0.1) is 0 Å². The lowest BCUT2D eigenvalue weighted by atomic mass is 10.0. The van der Waals surface area contributed by atoms with Crippen LogP contribution in [0.5, 0.6) is 11.5 Å². The molecule has 0 radical (unpaired) electrons. The number of hydrogen-bond donors (Lipinski definition) is 0. The van der Waals surface area contributed by atoms with Gasteiger partial charge >= 0.3 is 13.4 Å². The van der Waals surface area contributed by atoms with Gasteiger partial charge in [-0.1, -0.05) is 36.4 Å². The summed E-state index contributed by atoms with van der Waals surface area (Å²) >= 11 is 11.0. The van der Waals surface area contributed by atoms with E-state index in [0.717, 1.165) is 24.0 Å². The Labute approximate surface area is 174 Å². The van der Waals surface area contributed by atoms with E-state index < -0.39 is 13.4 Å². The van der Waals surface area contributed by atoms with E-state index in [4.69, 9.17) is 50.8 Å². The molecule has 2 aromatic carbocycles. The third kappa shape index (κ3) is 4.84. The van der Waals surface area contributed by atoms with Crippen molar-refractivity contribution in [2.45, 2.75) is 12.8 Å². The molecule has 2 saturated heterocycles. The summed E-state index contributed by atoms with van der Waals surface area (Å²) in [5, 5.41) is 0. The molecular formula is C18H20O6P2S2. The van der Waals surface area contributed by atoms with Crippen molar-refractivity contribution in [3.05, 3.63) is 48.5 Å². The summed E-state index contributed by atoms with van der Waals surface area (Å²) < 4.78 is 34.6. The van der Waals surface area contributed by atoms with E-state index in [1.807, 2.05) is 48.5 Å². The second-order valence-corrected chi connectivity index (χ2v) is 12.0. The Kier molecular flexibility index (Phi) is 6.50. The van der Waals surface area contributed by atoms with Crippen molar-refractivity contribution in [3.63, 3.8) is 0 Å². The summed E-state index contributed by atoms with van der Waals surface area (Å²) in [4.78, 5) is 0. The second kappa shape index (κ2) is 8.90. The minimum atomic E-state index is -2.82. The monoisotopic (exact) mass is 458 g/mol. The summed E-state index contributed by atoms with van der Waals surface area (Å²) in [5.41, 5.74) is 1.61. The van der Waals surface area contributed by atoms with Crippen LogP contribution in [0.15, 0.2) is 48.5 Å². The van der Waals surface area contributed by atoms with Gasteiger partial charge in [0, 0.05) is 34.7 Å². The number of rotatable bonds is 5. The predicted octanol–water partition coefficient (Wildman–Crippen LogP) is 5.43. The number of para-hydroxylation sites is 2. The van der Waals surface area contributed by atoms with E-state index >= 15 is 0 Å². The maximum atomic E-state index is 6.04. The van der Waals surface area contributed by atoms with Gasteiger partial charge in [-0.2, -0.15) is 0 Å². The van der Waals surface area contributed by atoms with Gasteiger partial charge < -0.3 is 9.05 Å². The first-order chi connectivity index (χ1) is 13.6. The molecular weight excluding hydrogens is 438 g/mol. The van der Waals surface area contributed by atoms with E-state index in [9.17, 15) is 0 Å². The average Bonchev–Trinajstić information content (AvgIpc) is 2.70. The highest BCUT2D eigenvalue weighted by Gasteiger charge is 2.29. The van der Waals surface area contributed by atoms with Gasteiger partial charge in [-0.05, 0) is 25.0 Å². The molecule has 150 valence electrons. The summed E-state index contributed by atoms with van der Waals surface area (Å²) in [7, 11) is 0. The summed E-state index contributed by atoms with van der Waals surface area (Å²) in [5.74, 6) is 1.15. The van der Waals surface area contributed by atoms with Crippen LogP contribution in [-0.2, 0) is 41.7 Å². The Balaban J connectivity index is 1.66. The summed E-state index contributed by atoms with van der Waals surface area (Å²) in [6, 6.07) is 15.1. The molecule has 2 heterocycles. The van der Waals surface area contributed by atoms with Crippen molar-refractivity contribution in [3.8, 4) is 22.6 Å². The van der Waals surface area contributed by atoms with Crippen LogP contribution in [0.2, 0.25) is 0 Å². The van der Waals surface area contributed by atoms with Crippen LogP contribution in [-0.4, -0.2) is 26.4 Å². The number of benzene rings is 2. The fraction of sp³-hybridized carbons (Fsp3) is 0.333. The van der Waals surface area contributed by atoms with Crippen LogP contribution < -0.4 is 9.05 Å². The molecule has 2 fully saturated rings. The lowest BCUT2D eigenvalue weighted by molar-refractivity contribution is 0.144. The molecule has 2 aliphatic rings. The Morgan fingerprint density at radius 3 is 1.36 bits per heavy atom. The van der Waals surface area contributed by atoms with E-state index in [-0.39, 0.29) is 0 Å². The van der Waals surface area contributed by atoms with E-state index in [0.29, 0.717) is 37.9 Å². The predicted molar refractivity (Wildman–Crippen MR) is 115 cm³/mol. The zero-order valence-electron chi connectivity index (χ0n) is 15.0. The van der Waals surface area contributed by atoms with Gasteiger partial charge in [0.25, 0.3) is 0 Å². The standard InChI is InChI=1S/C18H20O6P2S2/c27-25(19-11-5-12-20-25)23-17-9-3-1-7-15(17)16-8-2-4-10-18(16)24-26(28)21-13-6-14-22-26/h1-4,7-10H,5-6,11-14H2. The first-order valence-electron chi connectivity index (χ1n) is 8.93. The minimum absolute atomic E-state index is 0.538. The molecule has 0 unspecified atom stereocenters. The third-order valence-corrected chi connectivity index (χ3v) is 8.61. The van der Waals surface area contributed by atoms with Crippen LogP contribution in [0, 0.1) is 0 Å². The molecule has 0 N–H and O–H groups in total. The molecule has 0 aromatic heterocycles. The van der Waals surface area contributed by atoms with Crippen molar-refractivity contribution in [2.24, 2.45) is 0 Å². The SMILES string of the molecule is S=P1(Oc2ccccc2-c2ccccc2OP2(=S)OCCCO2)OCCCO1. The summed E-state index contributed by atoms with van der Waals surface area (Å²) in [6.07, 6.45) is 1.62. The molecule has 2 aliphatic heterocycles. The zero-order chi connectivity index (χ0) is 19.5. The molecule has 4 rings (SSSR count). The van der Waals surface area contributed by atoms with Crippen LogP contribution >= 0.6 is 13.4 Å². The molecule has 0 spiro atoms. The maximum absolute atomic E-state index is 6.04. The maximum Gasteiger partial charge on any atom is 0.380 e. The fourth-order valence-corrected chi connectivity index (χ4v) is 6.73. The Hall–Kier alpha value is -0.820. The molecule has 28 heavy (non-hydrogen) atoms. The third-order valence-electron chi connectivity index (χ3n) is 4.06. The van der Waals surface area contributed by atoms with E-state index in [2.05, 4.69) is 0 Å². The molecule has 2 aromatic rings. The van der Waals surface area contributed by atoms with Crippen LogP contribution in [0.25, 0.3) is 11.1 Å². The lowest BCUT2D eigenvalue weighted by Gasteiger charge is -2.28. The molecule has 0 bridgehead atoms. The minimum Gasteiger partial charge on any atom is -0.423 e. The van der Waals surface area contributed by atoms with Crippen molar-refractivity contribution < 1.29 is 27.1 Å². The van der Waals surface area contributed by atoms with Crippen LogP contribution in [0.4, 0.5) is 0 Å². The van der Waals surface area contributed by atoms with Crippen molar-refractivity contribution in [2.75, 3.05) is 26.4 Å². The molecule has 0 amide bonds. The van der Waals surface area contributed by atoms with Gasteiger partial charge in [-0.25, -0.2) is 0 Å². The number of hydrogen-bond acceptors (Lipinski definition) is 8. The molecule has 0 saturated carbocycles. The second-order valence-electron chi connectivity index (χ2n) is 6.11. The quantitative estimate of drug-likeness (QED) is 0.550. The average molecular weight is 458 g/mol. The van der Waals surface area contributed by atoms with Crippen LogP contribution in [0.1, 0.15) is 12.8 Å². The van der Waals surface area contributed by atoms with Crippen LogP contribution in [0.3, 0.4) is 0 Å². The molecule has 6 nitrogen and oxygen atoms in total. The van der Waals surface area contributed by atoms with Crippen molar-refractivity contribution >= 4 is 37.1 Å². The van der Waals surface area contributed by atoms with Crippen molar-refractivity contribution in [1.82, 2.24) is 0 Å². The van der Waals surface area contributed by atoms with Gasteiger partial charge in [0.1, 0.15) is 11.5 Å². The first-order valence-corrected chi connectivity index (χ1v) is 14.0. The Morgan fingerprint density at radius 1 is 0.607 bits per heavy atom. The lowest BCUT2D eigenvalue weighted by Crippen LogP contribution is -2.12. The molecule has 0 atom stereocenters. The highest BCUT2D eigenvalue weighted by atomic mass is 32.5. The van der Waals surface area contributed by atoms with E-state index in [1.165, 1.54) is 0 Å². The highest BCUT2D eigenvalue weighted by Crippen LogP contribution is 2.56. The van der Waals surface area contributed by atoms with Gasteiger partial charge in [0.2, 0.25) is 0 Å². The largest absolute Gasteiger partial charge is 0.423 e. The Bertz CT molecular complexity index is 842. The molecule has 0 aliphatic carbocycles. The van der Waals surface area contributed by atoms with Gasteiger partial charge in [0.15, 0.2) is 0 Å². The summed E-state index contributed by atoms with van der Waals surface area (Å²) in [6.45, 7) is -3.48.